The Bertz CT molecular complexity index is 1530. The molecule has 210 valence electrons. The van der Waals surface area contributed by atoms with E-state index in [9.17, 15) is 4.39 Å². The topological polar surface area (TPSA) is 80.2 Å². The van der Waals surface area contributed by atoms with Crippen LogP contribution in [0.3, 0.4) is 0 Å². The van der Waals surface area contributed by atoms with Gasteiger partial charge in [0.1, 0.15) is 17.4 Å². The number of nitrogens with one attached hydrogen (secondary N) is 1. The second kappa shape index (κ2) is 12.5. The number of rotatable bonds is 9. The van der Waals surface area contributed by atoms with Crippen LogP contribution in [0.4, 0.5) is 15.8 Å². The number of fused-ring (bicyclic) bond motifs is 1. The number of anilines is 1. The summed E-state index contributed by atoms with van der Waals surface area (Å²) in [6.07, 6.45) is 6.89. The van der Waals surface area contributed by atoms with Crippen LogP contribution in [-0.2, 0) is 0 Å². The molecule has 3 N–H and O–H groups in total. The van der Waals surface area contributed by atoms with Gasteiger partial charge in [0.25, 0.3) is 0 Å². The van der Waals surface area contributed by atoms with Crippen molar-refractivity contribution in [3.8, 4) is 16.9 Å². The predicted molar refractivity (Wildman–Crippen MR) is 165 cm³/mol. The van der Waals surface area contributed by atoms with Gasteiger partial charge in [-0.1, -0.05) is 36.5 Å². The maximum atomic E-state index is 13.9. The molecule has 2 aromatic heterocycles. The van der Waals surface area contributed by atoms with E-state index in [0.717, 1.165) is 65.3 Å². The van der Waals surface area contributed by atoms with Gasteiger partial charge in [-0.3, -0.25) is 4.31 Å². The third kappa shape index (κ3) is 6.22. The highest BCUT2D eigenvalue weighted by atomic mass is 35.5. The summed E-state index contributed by atoms with van der Waals surface area (Å²) in [5.74, 6) is 1.74. The molecule has 4 aromatic rings. The van der Waals surface area contributed by atoms with Crippen molar-refractivity contribution in [3.63, 3.8) is 0 Å². The van der Waals surface area contributed by atoms with Crippen LogP contribution >= 0.6 is 23.5 Å². The Morgan fingerprint density at radius 3 is 2.75 bits per heavy atom. The Kier molecular flexibility index (Phi) is 8.83. The first-order valence-electron chi connectivity index (χ1n) is 13.5. The Labute approximate surface area is 243 Å². The Morgan fingerprint density at radius 2 is 2.02 bits per heavy atom. The zero-order valence-electron chi connectivity index (χ0n) is 23.0. The molecule has 0 spiro atoms. The molecule has 0 bridgehead atoms. The number of nitrogens with zero attached hydrogens (tertiary/aromatic N) is 4. The molecule has 1 saturated heterocycles. The Balaban J connectivity index is 1.55. The summed E-state index contributed by atoms with van der Waals surface area (Å²) in [6.45, 7) is 6.30. The van der Waals surface area contributed by atoms with Gasteiger partial charge in [-0.25, -0.2) is 13.9 Å². The molecule has 1 aliphatic rings. The van der Waals surface area contributed by atoms with Crippen molar-refractivity contribution in [2.45, 2.75) is 39.2 Å². The number of hydrogen-bond donors (Lipinski definition) is 2. The zero-order valence-corrected chi connectivity index (χ0v) is 24.5. The fraction of sp³-hybridized carbons (Fsp3) is 0.333. The standard InChI is InChI=1S/C30H34ClFN6OS/c1-4-13-40-37-11-9-22(10-12-37)35-29-25(30(33)36-27-16-21(32)5-8-26(27)31)17-34-38-18-20(15-28(29)38)24-7-6-23(39-3)14-19(24)2/h5-8,14-18,22,35H,4,9-13H2,1-3H3,(H2,33,36). The number of aryl methyl sites for hydroxylation is 1. The van der Waals surface area contributed by atoms with Crippen LogP contribution in [0.5, 0.6) is 5.75 Å². The molecule has 0 amide bonds. The molecule has 1 fully saturated rings. The van der Waals surface area contributed by atoms with Gasteiger partial charge in [-0.05, 0) is 67.6 Å². The van der Waals surface area contributed by atoms with E-state index in [4.69, 9.17) is 22.1 Å². The van der Waals surface area contributed by atoms with E-state index in [1.807, 2.05) is 34.8 Å². The van der Waals surface area contributed by atoms with Crippen molar-refractivity contribution in [1.82, 2.24) is 13.9 Å². The lowest BCUT2D eigenvalue weighted by molar-refractivity contribution is 0.358. The molecule has 2 aromatic carbocycles. The number of amidine groups is 1. The van der Waals surface area contributed by atoms with Gasteiger partial charge in [-0.2, -0.15) is 5.10 Å². The van der Waals surface area contributed by atoms with E-state index >= 15 is 0 Å². The van der Waals surface area contributed by atoms with Crippen LogP contribution in [0, 0.1) is 12.7 Å². The summed E-state index contributed by atoms with van der Waals surface area (Å²) in [5, 5.41) is 8.76. The first kappa shape index (κ1) is 28.3. The largest absolute Gasteiger partial charge is 0.497 e. The average Bonchev–Trinajstić information content (AvgIpc) is 3.39. The fourth-order valence-electron chi connectivity index (χ4n) is 4.95. The van der Waals surface area contributed by atoms with Gasteiger partial charge < -0.3 is 15.8 Å². The monoisotopic (exact) mass is 580 g/mol. The van der Waals surface area contributed by atoms with Gasteiger partial charge in [0.2, 0.25) is 0 Å². The van der Waals surface area contributed by atoms with Crippen LogP contribution in [0.25, 0.3) is 16.6 Å². The molecule has 40 heavy (non-hydrogen) atoms. The molecule has 7 nitrogen and oxygen atoms in total. The van der Waals surface area contributed by atoms with E-state index in [1.54, 1.807) is 13.3 Å². The second-order valence-electron chi connectivity index (χ2n) is 9.95. The molecule has 3 heterocycles. The maximum Gasteiger partial charge on any atom is 0.135 e. The quantitative estimate of drug-likeness (QED) is 0.125. The Hall–Kier alpha value is -3.27. The van der Waals surface area contributed by atoms with E-state index in [1.165, 1.54) is 24.6 Å². The summed E-state index contributed by atoms with van der Waals surface area (Å²) in [5.41, 5.74) is 12.4. The SMILES string of the molecule is CCCSN1CCC(Nc2c(C(N)=Nc3cc(F)ccc3Cl)cnn3cc(-c4ccc(OC)cc4C)cc23)CC1. The number of methoxy groups -OCH3 is 1. The maximum absolute atomic E-state index is 13.9. The van der Waals surface area contributed by atoms with Gasteiger partial charge in [0, 0.05) is 42.7 Å². The third-order valence-corrected chi connectivity index (χ3v) is 8.73. The van der Waals surface area contributed by atoms with Crippen molar-refractivity contribution in [2.24, 2.45) is 10.7 Å². The third-order valence-electron chi connectivity index (χ3n) is 7.09. The van der Waals surface area contributed by atoms with Crippen molar-refractivity contribution in [3.05, 3.63) is 76.8 Å². The van der Waals surface area contributed by atoms with E-state index < -0.39 is 5.82 Å². The van der Waals surface area contributed by atoms with Crippen molar-refractivity contribution in [1.29, 1.82) is 0 Å². The highest BCUT2D eigenvalue weighted by Crippen LogP contribution is 2.34. The van der Waals surface area contributed by atoms with Gasteiger partial charge >= 0.3 is 0 Å². The minimum atomic E-state index is -0.429. The number of hydrogen-bond acceptors (Lipinski definition) is 6. The highest BCUT2D eigenvalue weighted by molar-refractivity contribution is 7.97. The number of piperidine rings is 1. The van der Waals surface area contributed by atoms with Crippen molar-refractivity contribution in [2.75, 3.05) is 31.3 Å². The number of halogens is 2. The number of aliphatic imine (C=N–C) groups is 1. The van der Waals surface area contributed by atoms with Crippen molar-refractivity contribution < 1.29 is 9.13 Å². The van der Waals surface area contributed by atoms with E-state index in [2.05, 4.69) is 45.7 Å². The van der Waals surface area contributed by atoms with E-state index in [-0.39, 0.29) is 17.6 Å². The molecular weight excluding hydrogens is 547 g/mol. The van der Waals surface area contributed by atoms with Crippen LogP contribution in [0.15, 0.2) is 59.9 Å². The van der Waals surface area contributed by atoms with Crippen molar-refractivity contribution >= 4 is 46.3 Å². The number of aromatic nitrogens is 2. The Morgan fingerprint density at radius 1 is 1.23 bits per heavy atom. The fourth-order valence-corrected chi connectivity index (χ4v) is 6.02. The van der Waals surface area contributed by atoms with Crippen LogP contribution < -0.4 is 15.8 Å². The van der Waals surface area contributed by atoms with Gasteiger partial charge in [0.15, 0.2) is 0 Å². The lowest BCUT2D eigenvalue weighted by Gasteiger charge is -2.32. The molecule has 0 unspecified atom stereocenters. The summed E-state index contributed by atoms with van der Waals surface area (Å²) in [6, 6.07) is 12.5. The number of benzene rings is 2. The predicted octanol–water partition coefficient (Wildman–Crippen LogP) is 7.08. The zero-order chi connectivity index (χ0) is 28.2. The van der Waals surface area contributed by atoms with Crippen LogP contribution in [-0.4, -0.2) is 51.7 Å². The van der Waals surface area contributed by atoms with Gasteiger partial charge in [0.05, 0.1) is 40.8 Å². The number of ether oxygens (including phenoxy) is 1. The molecular formula is C30H34ClFN6OS. The summed E-state index contributed by atoms with van der Waals surface area (Å²) in [7, 11) is 1.67. The minimum Gasteiger partial charge on any atom is -0.497 e. The molecule has 5 rings (SSSR count). The van der Waals surface area contributed by atoms with Crippen LogP contribution in [0.2, 0.25) is 5.02 Å². The first-order chi connectivity index (χ1) is 19.4. The van der Waals surface area contributed by atoms with E-state index in [0.29, 0.717) is 10.6 Å². The molecule has 0 radical (unpaired) electrons. The molecule has 0 atom stereocenters. The molecule has 1 aliphatic heterocycles. The summed E-state index contributed by atoms with van der Waals surface area (Å²) >= 11 is 8.22. The normalized spacial score (nSPS) is 15.1. The summed E-state index contributed by atoms with van der Waals surface area (Å²) < 4.78 is 23.6. The summed E-state index contributed by atoms with van der Waals surface area (Å²) in [4.78, 5) is 4.50. The van der Waals surface area contributed by atoms with Gasteiger partial charge in [-0.15, -0.1) is 0 Å². The lowest BCUT2D eigenvalue weighted by atomic mass is 10.0. The average molecular weight is 581 g/mol. The highest BCUT2D eigenvalue weighted by Gasteiger charge is 2.23. The second-order valence-corrected chi connectivity index (χ2v) is 11.5. The molecule has 0 aliphatic carbocycles. The lowest BCUT2D eigenvalue weighted by Crippen LogP contribution is -2.36. The van der Waals surface area contributed by atoms with Crippen LogP contribution in [0.1, 0.15) is 37.3 Å². The number of nitrogens with two attached hydrogens (primary N) is 1. The molecule has 10 heteroatoms. The molecule has 0 saturated carbocycles. The smallest absolute Gasteiger partial charge is 0.135 e. The first-order valence-corrected chi connectivity index (χ1v) is 14.8. The minimum absolute atomic E-state index is 0.212.